The van der Waals surface area contributed by atoms with E-state index in [1.54, 1.807) is 0 Å². The summed E-state index contributed by atoms with van der Waals surface area (Å²) in [4.78, 5) is 32.5. The summed E-state index contributed by atoms with van der Waals surface area (Å²) >= 11 is 0. The average Bonchev–Trinajstić information content (AvgIpc) is 2.55. The number of nitro benzene ring substituents is 2. The number of non-ortho nitro benzene ring substituents is 1. The van der Waals surface area contributed by atoms with E-state index in [9.17, 15) is 25.0 Å². The minimum atomic E-state index is -0.621. The SMILES string of the molecule is COc1ccc(NC(=O)Cc2ccc([N+](=O)[O-])cc2)c([N+](=O)[O-])c1. The van der Waals surface area contributed by atoms with E-state index >= 15 is 0 Å². The normalized spacial score (nSPS) is 10.0. The molecule has 9 heteroatoms. The smallest absolute Gasteiger partial charge is 0.296 e. The summed E-state index contributed by atoms with van der Waals surface area (Å²) in [6.07, 6.45) is -0.0683. The van der Waals surface area contributed by atoms with Crippen LogP contribution < -0.4 is 10.1 Å². The molecule has 1 N–H and O–H groups in total. The summed E-state index contributed by atoms with van der Waals surface area (Å²) < 4.78 is 4.92. The molecule has 0 aromatic heterocycles. The lowest BCUT2D eigenvalue weighted by molar-refractivity contribution is -0.384. The topological polar surface area (TPSA) is 125 Å². The van der Waals surface area contributed by atoms with Gasteiger partial charge in [-0.05, 0) is 17.7 Å². The fourth-order valence-corrected chi connectivity index (χ4v) is 2.01. The highest BCUT2D eigenvalue weighted by atomic mass is 16.6. The molecule has 124 valence electrons. The molecule has 0 heterocycles. The predicted molar refractivity (Wildman–Crippen MR) is 85.1 cm³/mol. The third-order valence-electron chi connectivity index (χ3n) is 3.19. The molecule has 1 amide bonds. The number of amides is 1. The molecule has 0 atom stereocenters. The lowest BCUT2D eigenvalue weighted by Gasteiger charge is -2.07. The molecule has 0 saturated heterocycles. The van der Waals surface area contributed by atoms with Crippen molar-refractivity contribution in [3.05, 3.63) is 68.3 Å². The summed E-state index contributed by atoms with van der Waals surface area (Å²) in [5.74, 6) is -0.174. The molecular formula is C15H13N3O6. The van der Waals surface area contributed by atoms with E-state index in [1.807, 2.05) is 0 Å². The van der Waals surface area contributed by atoms with Gasteiger partial charge < -0.3 is 10.1 Å². The van der Waals surface area contributed by atoms with Crippen molar-refractivity contribution in [2.45, 2.75) is 6.42 Å². The third kappa shape index (κ3) is 4.03. The van der Waals surface area contributed by atoms with Crippen LogP contribution in [-0.2, 0) is 11.2 Å². The van der Waals surface area contributed by atoms with Gasteiger partial charge in [-0.2, -0.15) is 0 Å². The van der Waals surface area contributed by atoms with Gasteiger partial charge >= 0.3 is 0 Å². The highest BCUT2D eigenvalue weighted by Gasteiger charge is 2.17. The lowest BCUT2D eigenvalue weighted by atomic mass is 10.1. The van der Waals surface area contributed by atoms with Gasteiger partial charge in [0.25, 0.3) is 11.4 Å². The Morgan fingerprint density at radius 3 is 2.29 bits per heavy atom. The van der Waals surface area contributed by atoms with Crippen LogP contribution in [0.4, 0.5) is 17.1 Å². The Morgan fingerprint density at radius 2 is 1.75 bits per heavy atom. The molecule has 0 unspecified atom stereocenters. The van der Waals surface area contributed by atoms with Crippen molar-refractivity contribution in [3.8, 4) is 5.75 Å². The van der Waals surface area contributed by atoms with Crippen LogP contribution in [0.15, 0.2) is 42.5 Å². The number of nitrogens with zero attached hydrogens (tertiary/aromatic N) is 2. The van der Waals surface area contributed by atoms with E-state index in [0.29, 0.717) is 11.3 Å². The van der Waals surface area contributed by atoms with Gasteiger partial charge in [0.1, 0.15) is 11.4 Å². The van der Waals surface area contributed by atoms with Crippen LogP contribution in [-0.4, -0.2) is 22.9 Å². The number of hydrogen-bond donors (Lipinski definition) is 1. The molecule has 9 nitrogen and oxygen atoms in total. The first-order chi connectivity index (χ1) is 11.4. The summed E-state index contributed by atoms with van der Waals surface area (Å²) in [6, 6.07) is 9.58. The fourth-order valence-electron chi connectivity index (χ4n) is 2.01. The maximum absolute atomic E-state index is 12.0. The molecule has 2 aromatic carbocycles. The number of methoxy groups -OCH3 is 1. The number of carbonyl (C=O) groups excluding carboxylic acids is 1. The van der Waals surface area contributed by atoms with Gasteiger partial charge in [0.05, 0.1) is 29.4 Å². The molecule has 0 aliphatic rings. The minimum absolute atomic E-state index is 0.0488. The lowest BCUT2D eigenvalue weighted by Crippen LogP contribution is -2.15. The van der Waals surface area contributed by atoms with Crippen LogP contribution >= 0.6 is 0 Å². The number of ether oxygens (including phenoxy) is 1. The van der Waals surface area contributed by atoms with Crippen molar-refractivity contribution in [1.82, 2.24) is 0 Å². The highest BCUT2D eigenvalue weighted by Crippen LogP contribution is 2.29. The Balaban J connectivity index is 2.12. The van der Waals surface area contributed by atoms with Crippen LogP contribution in [0.3, 0.4) is 0 Å². The van der Waals surface area contributed by atoms with Crippen LogP contribution in [0.2, 0.25) is 0 Å². The zero-order valence-electron chi connectivity index (χ0n) is 12.6. The number of rotatable bonds is 6. The summed E-state index contributed by atoms with van der Waals surface area (Å²) in [6.45, 7) is 0. The summed E-state index contributed by atoms with van der Waals surface area (Å²) in [5.41, 5.74) is 0.235. The molecule has 2 aromatic rings. The van der Waals surface area contributed by atoms with Gasteiger partial charge in [0.2, 0.25) is 5.91 Å². The molecular weight excluding hydrogens is 318 g/mol. The first-order valence-electron chi connectivity index (χ1n) is 6.76. The largest absolute Gasteiger partial charge is 0.496 e. The first kappa shape index (κ1) is 16.9. The minimum Gasteiger partial charge on any atom is -0.496 e. The Kier molecular flexibility index (Phi) is 5.05. The number of benzene rings is 2. The maximum atomic E-state index is 12.0. The molecule has 0 fully saturated rings. The zero-order valence-corrected chi connectivity index (χ0v) is 12.6. The average molecular weight is 331 g/mol. The molecule has 24 heavy (non-hydrogen) atoms. The van der Waals surface area contributed by atoms with Crippen molar-refractivity contribution < 1.29 is 19.4 Å². The molecule has 0 saturated carbocycles. The Hall–Kier alpha value is -3.49. The number of anilines is 1. The van der Waals surface area contributed by atoms with Crippen molar-refractivity contribution in [3.63, 3.8) is 0 Å². The van der Waals surface area contributed by atoms with Crippen LogP contribution in [0.5, 0.6) is 5.75 Å². The Morgan fingerprint density at radius 1 is 1.08 bits per heavy atom. The number of carbonyl (C=O) groups is 1. The molecule has 0 aliphatic carbocycles. The Labute approximate surface area is 136 Å². The van der Waals surface area contributed by atoms with E-state index in [1.165, 1.54) is 49.6 Å². The number of hydrogen-bond acceptors (Lipinski definition) is 6. The first-order valence-corrected chi connectivity index (χ1v) is 6.76. The second kappa shape index (κ2) is 7.18. The van der Waals surface area contributed by atoms with Crippen LogP contribution in [0, 0.1) is 20.2 Å². The molecule has 0 bridgehead atoms. The predicted octanol–water partition coefficient (Wildman–Crippen LogP) is 2.69. The van der Waals surface area contributed by atoms with Crippen molar-refractivity contribution in [2.24, 2.45) is 0 Å². The van der Waals surface area contributed by atoms with Crippen molar-refractivity contribution in [1.29, 1.82) is 0 Å². The summed E-state index contributed by atoms with van der Waals surface area (Å²) in [5, 5.41) is 24.1. The number of nitro groups is 2. The van der Waals surface area contributed by atoms with E-state index < -0.39 is 15.8 Å². The van der Waals surface area contributed by atoms with Gasteiger partial charge in [-0.25, -0.2) is 0 Å². The van der Waals surface area contributed by atoms with Crippen LogP contribution in [0.25, 0.3) is 0 Å². The molecule has 2 rings (SSSR count). The maximum Gasteiger partial charge on any atom is 0.296 e. The monoisotopic (exact) mass is 331 g/mol. The highest BCUT2D eigenvalue weighted by molar-refractivity contribution is 5.94. The van der Waals surface area contributed by atoms with Gasteiger partial charge in [-0.3, -0.25) is 25.0 Å². The summed E-state index contributed by atoms with van der Waals surface area (Å²) in [7, 11) is 1.38. The van der Waals surface area contributed by atoms with E-state index in [-0.39, 0.29) is 23.5 Å². The molecule has 0 spiro atoms. The third-order valence-corrected chi connectivity index (χ3v) is 3.19. The van der Waals surface area contributed by atoms with Gasteiger partial charge in [0, 0.05) is 12.1 Å². The number of nitrogens with one attached hydrogen (secondary N) is 1. The van der Waals surface area contributed by atoms with Crippen molar-refractivity contribution >= 4 is 23.0 Å². The van der Waals surface area contributed by atoms with Crippen molar-refractivity contribution in [2.75, 3.05) is 12.4 Å². The second-order valence-electron chi connectivity index (χ2n) is 4.79. The van der Waals surface area contributed by atoms with Gasteiger partial charge in [0.15, 0.2) is 0 Å². The quantitative estimate of drug-likeness (QED) is 0.641. The standard InChI is InChI=1S/C15H13N3O6/c1-24-12-6-7-13(14(9-12)18(22)23)16-15(19)8-10-2-4-11(5-3-10)17(20)21/h2-7,9H,8H2,1H3,(H,16,19). The second-order valence-corrected chi connectivity index (χ2v) is 4.79. The molecule has 0 radical (unpaired) electrons. The van der Waals surface area contributed by atoms with E-state index in [4.69, 9.17) is 4.74 Å². The van der Waals surface area contributed by atoms with Gasteiger partial charge in [-0.15, -0.1) is 0 Å². The van der Waals surface area contributed by atoms with Gasteiger partial charge in [-0.1, -0.05) is 12.1 Å². The van der Waals surface area contributed by atoms with E-state index in [2.05, 4.69) is 5.32 Å². The Bertz CT molecular complexity index is 788. The molecule has 0 aliphatic heterocycles. The fraction of sp³-hybridized carbons (Fsp3) is 0.133. The zero-order chi connectivity index (χ0) is 17.7. The van der Waals surface area contributed by atoms with Crippen LogP contribution in [0.1, 0.15) is 5.56 Å². The van der Waals surface area contributed by atoms with E-state index in [0.717, 1.165) is 0 Å².